The van der Waals surface area contributed by atoms with Crippen LogP contribution in [0.15, 0.2) is 64.2 Å². The number of benzene rings is 2. The number of nitrogens with zero attached hydrogens (tertiary/aromatic N) is 5. The summed E-state index contributed by atoms with van der Waals surface area (Å²) in [6.07, 6.45) is 1.64. The van der Waals surface area contributed by atoms with Crippen LogP contribution in [0.1, 0.15) is 33.6 Å². The van der Waals surface area contributed by atoms with E-state index in [1.54, 1.807) is 18.2 Å². The molecule has 3 heterocycles. The Morgan fingerprint density at radius 3 is 2.53 bits per heavy atom. The lowest BCUT2D eigenvalue weighted by Gasteiger charge is -2.20. The smallest absolute Gasteiger partial charge is 0.283 e. The summed E-state index contributed by atoms with van der Waals surface area (Å²) >= 11 is 1.27. The number of aliphatic imine (C=N–C) groups is 1. The molecule has 0 spiro atoms. The fraction of sp³-hybridized carbons (Fsp3) is 0.154. The summed E-state index contributed by atoms with van der Waals surface area (Å²) in [5, 5.41) is 27.1. The van der Waals surface area contributed by atoms with Crippen molar-refractivity contribution in [1.29, 1.82) is 5.41 Å². The summed E-state index contributed by atoms with van der Waals surface area (Å²) in [6, 6.07) is 14.4. The first-order chi connectivity index (χ1) is 17.2. The zero-order valence-electron chi connectivity index (χ0n) is 20.1. The standard InChI is InChI=1S/C26H22N6O3S/c1-14-7-5-6-8-20(14)25-29-31-23(27)21(24(33)28-26(31)36-25)12-18-11-16(3)30(17(18)4)22-13-19(32(34)35)10-9-15(22)2/h5-13,27H,1-4H3/b21-12-,27-23?. The highest BCUT2D eigenvalue weighted by atomic mass is 32.2. The number of hydrogen-bond donors (Lipinski definition) is 1. The first-order valence-electron chi connectivity index (χ1n) is 11.2. The molecule has 0 unspecified atom stereocenters. The zero-order chi connectivity index (χ0) is 25.7. The number of carbonyl (C=O) groups excluding carboxylic acids is 1. The Kier molecular flexibility index (Phi) is 5.68. The summed E-state index contributed by atoms with van der Waals surface area (Å²) in [4.78, 5) is 28.0. The molecular formula is C26H22N6O3S. The first-order valence-corrected chi connectivity index (χ1v) is 12.0. The predicted molar refractivity (Wildman–Crippen MR) is 142 cm³/mol. The van der Waals surface area contributed by atoms with Crippen LogP contribution < -0.4 is 0 Å². The van der Waals surface area contributed by atoms with Gasteiger partial charge in [0.1, 0.15) is 5.04 Å². The summed E-state index contributed by atoms with van der Waals surface area (Å²) < 4.78 is 1.92. The molecule has 10 heteroatoms. The molecule has 0 fully saturated rings. The van der Waals surface area contributed by atoms with Crippen molar-refractivity contribution in [1.82, 2.24) is 9.58 Å². The molecular weight excluding hydrogens is 476 g/mol. The van der Waals surface area contributed by atoms with Crippen molar-refractivity contribution in [2.45, 2.75) is 27.7 Å². The largest absolute Gasteiger partial charge is 0.317 e. The van der Waals surface area contributed by atoms with Gasteiger partial charge in [-0.1, -0.05) is 30.3 Å². The van der Waals surface area contributed by atoms with E-state index in [9.17, 15) is 14.9 Å². The van der Waals surface area contributed by atoms with E-state index in [4.69, 9.17) is 5.41 Å². The average molecular weight is 499 g/mol. The lowest BCUT2D eigenvalue weighted by molar-refractivity contribution is -0.384. The SMILES string of the molecule is Cc1ccccc1C1=NN2C(=N)/C(=C/c3cc(C)n(-c4cc([N+](=O)[O-])ccc4C)c3C)C(=O)N=C2S1. The van der Waals surface area contributed by atoms with Crippen molar-refractivity contribution in [3.8, 4) is 5.69 Å². The Hall–Kier alpha value is -4.31. The third kappa shape index (κ3) is 3.85. The molecule has 2 aromatic carbocycles. The van der Waals surface area contributed by atoms with E-state index in [0.29, 0.717) is 15.9 Å². The number of amidine groups is 2. The van der Waals surface area contributed by atoms with E-state index in [1.165, 1.54) is 22.8 Å². The number of fused-ring (bicyclic) bond motifs is 1. The monoisotopic (exact) mass is 498 g/mol. The van der Waals surface area contributed by atoms with Crippen LogP contribution >= 0.6 is 11.8 Å². The predicted octanol–water partition coefficient (Wildman–Crippen LogP) is 5.29. The minimum atomic E-state index is -0.503. The number of rotatable bonds is 4. The van der Waals surface area contributed by atoms with E-state index in [-0.39, 0.29) is 17.1 Å². The molecule has 180 valence electrons. The quantitative estimate of drug-likeness (QED) is 0.298. The molecule has 0 saturated heterocycles. The van der Waals surface area contributed by atoms with Crippen molar-refractivity contribution in [2.24, 2.45) is 10.1 Å². The molecule has 0 atom stereocenters. The lowest BCUT2D eigenvalue weighted by atomic mass is 10.1. The first kappa shape index (κ1) is 23.4. The number of nitro benzene ring substituents is 1. The minimum Gasteiger partial charge on any atom is -0.317 e. The fourth-order valence-corrected chi connectivity index (χ4v) is 5.31. The molecule has 0 saturated carbocycles. The van der Waals surface area contributed by atoms with Crippen molar-refractivity contribution >= 4 is 45.5 Å². The Morgan fingerprint density at radius 1 is 1.06 bits per heavy atom. The van der Waals surface area contributed by atoms with Crippen molar-refractivity contribution in [3.63, 3.8) is 0 Å². The highest BCUT2D eigenvalue weighted by Gasteiger charge is 2.36. The Balaban J connectivity index is 1.54. The van der Waals surface area contributed by atoms with E-state index >= 15 is 0 Å². The summed E-state index contributed by atoms with van der Waals surface area (Å²) in [5.41, 5.74) is 6.04. The van der Waals surface area contributed by atoms with Crippen LogP contribution in [-0.2, 0) is 4.79 Å². The third-order valence-electron chi connectivity index (χ3n) is 6.24. The number of aromatic nitrogens is 1. The summed E-state index contributed by atoms with van der Waals surface area (Å²) in [7, 11) is 0. The van der Waals surface area contributed by atoms with Gasteiger partial charge in [0, 0.05) is 29.1 Å². The Morgan fingerprint density at radius 2 is 1.81 bits per heavy atom. The number of nitro groups is 1. The van der Waals surface area contributed by atoms with Gasteiger partial charge in [0.25, 0.3) is 11.6 Å². The van der Waals surface area contributed by atoms with Crippen LogP contribution in [0.5, 0.6) is 0 Å². The van der Waals surface area contributed by atoms with Gasteiger partial charge >= 0.3 is 0 Å². The molecule has 2 aliphatic heterocycles. The van der Waals surface area contributed by atoms with Crippen LogP contribution in [0, 0.1) is 43.2 Å². The van der Waals surface area contributed by atoms with Crippen molar-refractivity contribution < 1.29 is 9.72 Å². The molecule has 1 N–H and O–H groups in total. The number of non-ortho nitro benzene ring substituents is 1. The van der Waals surface area contributed by atoms with Gasteiger partial charge in [0.05, 0.1) is 16.2 Å². The maximum atomic E-state index is 12.9. The highest BCUT2D eigenvalue weighted by Crippen LogP contribution is 2.33. The Labute approximate surface area is 211 Å². The second-order valence-electron chi connectivity index (χ2n) is 8.63. The van der Waals surface area contributed by atoms with Crippen LogP contribution in [0.25, 0.3) is 11.8 Å². The average Bonchev–Trinajstić information content (AvgIpc) is 3.37. The van der Waals surface area contributed by atoms with E-state index in [1.807, 2.05) is 62.6 Å². The van der Waals surface area contributed by atoms with E-state index in [2.05, 4.69) is 10.1 Å². The molecule has 3 aromatic rings. The third-order valence-corrected chi connectivity index (χ3v) is 7.19. The number of aryl methyl sites for hydroxylation is 3. The number of hydrazone groups is 1. The molecule has 9 nitrogen and oxygen atoms in total. The molecule has 1 amide bonds. The van der Waals surface area contributed by atoms with Gasteiger partial charge in [-0.3, -0.25) is 20.3 Å². The van der Waals surface area contributed by atoms with Gasteiger partial charge in [0.2, 0.25) is 5.17 Å². The second-order valence-corrected chi connectivity index (χ2v) is 9.59. The summed E-state index contributed by atoms with van der Waals surface area (Å²) in [5.74, 6) is -0.547. The number of amides is 1. The van der Waals surface area contributed by atoms with Crippen molar-refractivity contribution in [2.75, 3.05) is 0 Å². The number of thioether (sulfide) groups is 1. The maximum absolute atomic E-state index is 12.9. The van der Waals surface area contributed by atoms with Crippen LogP contribution in [0.3, 0.4) is 0 Å². The minimum absolute atomic E-state index is 0.00274. The molecule has 0 radical (unpaired) electrons. The molecule has 2 aliphatic rings. The topological polar surface area (TPSA) is 117 Å². The van der Waals surface area contributed by atoms with Gasteiger partial charge in [-0.25, -0.2) is 0 Å². The number of carbonyl (C=O) groups is 1. The van der Waals surface area contributed by atoms with E-state index in [0.717, 1.165) is 33.6 Å². The maximum Gasteiger partial charge on any atom is 0.283 e. The van der Waals surface area contributed by atoms with Crippen LogP contribution in [0.2, 0.25) is 0 Å². The van der Waals surface area contributed by atoms with Crippen LogP contribution in [-0.4, -0.2) is 36.5 Å². The number of hydrogen-bond acceptors (Lipinski definition) is 6. The van der Waals surface area contributed by atoms with Gasteiger partial charge in [-0.05, 0) is 68.3 Å². The lowest BCUT2D eigenvalue weighted by Crippen LogP contribution is -2.35. The normalized spacial score (nSPS) is 16.3. The van der Waals surface area contributed by atoms with E-state index < -0.39 is 10.8 Å². The Bertz CT molecular complexity index is 1580. The molecule has 0 bridgehead atoms. The second kappa shape index (κ2) is 8.72. The van der Waals surface area contributed by atoms with Gasteiger partial charge in [-0.2, -0.15) is 15.1 Å². The fourth-order valence-electron chi connectivity index (χ4n) is 4.33. The molecule has 36 heavy (non-hydrogen) atoms. The van der Waals surface area contributed by atoms with Gasteiger partial charge < -0.3 is 4.57 Å². The van der Waals surface area contributed by atoms with Crippen molar-refractivity contribution in [3.05, 3.63) is 97.9 Å². The van der Waals surface area contributed by atoms with Crippen LogP contribution in [0.4, 0.5) is 5.69 Å². The zero-order valence-corrected chi connectivity index (χ0v) is 20.9. The number of nitrogens with one attached hydrogen (secondary N) is 1. The summed E-state index contributed by atoms with van der Waals surface area (Å²) in [6.45, 7) is 7.65. The molecule has 1 aromatic heterocycles. The molecule has 0 aliphatic carbocycles. The van der Waals surface area contributed by atoms with Gasteiger partial charge in [-0.15, -0.1) is 0 Å². The van der Waals surface area contributed by atoms with Gasteiger partial charge in [0.15, 0.2) is 5.84 Å². The molecule has 5 rings (SSSR count). The highest BCUT2D eigenvalue weighted by molar-refractivity contribution is 8.27.